The lowest BCUT2D eigenvalue weighted by atomic mass is 10.0. The molecular weight excluding hydrogens is 383 g/mol. The van der Waals surface area contributed by atoms with Crippen molar-refractivity contribution in [2.24, 2.45) is 0 Å². The fourth-order valence-corrected chi connectivity index (χ4v) is 3.92. The maximum Gasteiger partial charge on any atom is 0.275 e. The monoisotopic (exact) mass is 400 g/mol. The largest absolute Gasteiger partial charge is 0.330 e. The van der Waals surface area contributed by atoms with Gasteiger partial charge in [-0.25, -0.2) is 0 Å². The first kappa shape index (κ1) is 18.5. The van der Waals surface area contributed by atoms with Crippen molar-refractivity contribution in [3.63, 3.8) is 0 Å². The first-order valence-corrected chi connectivity index (χ1v) is 8.93. The Kier molecular flexibility index (Phi) is 5.58. The fraction of sp³-hybridized carbons (Fsp3) is 0.412. The molecule has 2 N–H and O–H groups in total. The van der Waals surface area contributed by atoms with Gasteiger partial charge in [0.05, 0.1) is 16.1 Å². The normalized spacial score (nSPS) is 19.4. The Morgan fingerprint density at radius 2 is 2.12 bits per heavy atom. The minimum absolute atomic E-state index is 0. The highest BCUT2D eigenvalue weighted by Gasteiger charge is 2.34. The Morgan fingerprint density at radius 3 is 2.92 bits per heavy atom. The second-order valence-electron chi connectivity index (χ2n) is 6.29. The highest BCUT2D eigenvalue weighted by molar-refractivity contribution is 6.42. The number of benzene rings is 1. The average molecular weight is 402 g/mol. The van der Waals surface area contributed by atoms with Gasteiger partial charge >= 0.3 is 0 Å². The van der Waals surface area contributed by atoms with Crippen LogP contribution >= 0.6 is 35.6 Å². The van der Waals surface area contributed by atoms with Crippen molar-refractivity contribution in [2.75, 3.05) is 13.1 Å². The Labute approximate surface area is 162 Å². The van der Waals surface area contributed by atoms with Gasteiger partial charge in [-0.3, -0.25) is 9.89 Å². The summed E-state index contributed by atoms with van der Waals surface area (Å²) in [7, 11) is 0. The lowest BCUT2D eigenvalue weighted by Crippen LogP contribution is -2.32. The highest BCUT2D eigenvalue weighted by Crippen LogP contribution is 2.36. The molecule has 2 aliphatic heterocycles. The molecule has 0 spiro atoms. The molecule has 3 heterocycles. The molecule has 8 heteroatoms. The van der Waals surface area contributed by atoms with Gasteiger partial charge in [0.1, 0.15) is 0 Å². The van der Waals surface area contributed by atoms with Crippen molar-refractivity contribution < 1.29 is 4.79 Å². The molecule has 2 aromatic rings. The van der Waals surface area contributed by atoms with Crippen LogP contribution in [0.5, 0.6) is 0 Å². The highest BCUT2D eigenvalue weighted by atomic mass is 35.5. The maximum absolute atomic E-state index is 13.1. The van der Waals surface area contributed by atoms with Crippen molar-refractivity contribution in [1.82, 2.24) is 20.4 Å². The van der Waals surface area contributed by atoms with E-state index in [2.05, 4.69) is 15.5 Å². The molecule has 134 valence electrons. The van der Waals surface area contributed by atoms with Crippen LogP contribution in [0, 0.1) is 0 Å². The third-order valence-electron chi connectivity index (χ3n) is 4.85. The third kappa shape index (κ3) is 3.38. The Balaban J connectivity index is 0.00000182. The number of aromatic amines is 1. The van der Waals surface area contributed by atoms with Crippen molar-refractivity contribution in [3.05, 3.63) is 50.8 Å². The lowest BCUT2D eigenvalue weighted by Gasteiger charge is -2.25. The van der Waals surface area contributed by atoms with E-state index in [-0.39, 0.29) is 24.4 Å². The fourth-order valence-electron chi connectivity index (χ4n) is 3.61. The van der Waals surface area contributed by atoms with Crippen molar-refractivity contribution in [1.29, 1.82) is 0 Å². The summed E-state index contributed by atoms with van der Waals surface area (Å²) >= 11 is 12.2. The molecule has 1 unspecified atom stereocenters. The molecule has 1 aromatic heterocycles. The smallest absolute Gasteiger partial charge is 0.275 e. The quantitative estimate of drug-likeness (QED) is 0.805. The van der Waals surface area contributed by atoms with E-state index in [0.717, 1.165) is 49.2 Å². The van der Waals surface area contributed by atoms with E-state index in [9.17, 15) is 4.79 Å². The zero-order valence-corrected chi connectivity index (χ0v) is 15.8. The number of likely N-dealkylation sites (tertiary alicyclic amines) is 1. The predicted molar refractivity (Wildman–Crippen MR) is 101 cm³/mol. The summed E-state index contributed by atoms with van der Waals surface area (Å²) in [6, 6.07) is 5.63. The molecule has 0 bridgehead atoms. The number of nitrogens with one attached hydrogen (secondary N) is 2. The molecule has 0 aliphatic carbocycles. The standard InChI is InChI=1S/C17H18Cl2N4O.ClH/c18-12-4-3-10(8-13(12)19)15-2-1-7-23(15)17(24)16-11-9-20-6-5-14(11)21-22-16;/h3-4,8,15,20H,1-2,5-7,9H2,(H,21,22);1H. The second kappa shape index (κ2) is 7.54. The molecule has 1 amide bonds. The number of hydrogen-bond acceptors (Lipinski definition) is 3. The number of aromatic nitrogens is 2. The average Bonchev–Trinajstić information content (AvgIpc) is 3.23. The van der Waals surface area contributed by atoms with Gasteiger partial charge in [0.2, 0.25) is 0 Å². The minimum atomic E-state index is -0.00947. The summed E-state index contributed by atoms with van der Waals surface area (Å²) in [5.41, 5.74) is 3.65. The number of H-pyrrole nitrogens is 1. The molecule has 1 aromatic carbocycles. The van der Waals surface area contributed by atoms with Crippen LogP contribution in [0.25, 0.3) is 0 Å². The van der Waals surface area contributed by atoms with E-state index in [1.165, 1.54) is 0 Å². The van der Waals surface area contributed by atoms with Gasteiger partial charge in [-0.2, -0.15) is 5.10 Å². The van der Waals surface area contributed by atoms with Crippen LogP contribution in [-0.4, -0.2) is 34.1 Å². The summed E-state index contributed by atoms with van der Waals surface area (Å²) in [4.78, 5) is 15.0. The van der Waals surface area contributed by atoms with E-state index in [4.69, 9.17) is 23.2 Å². The number of nitrogens with zero attached hydrogens (tertiary/aromatic N) is 2. The van der Waals surface area contributed by atoms with Crippen molar-refractivity contribution in [3.8, 4) is 0 Å². The topological polar surface area (TPSA) is 61.0 Å². The second-order valence-corrected chi connectivity index (χ2v) is 7.10. The SMILES string of the molecule is Cl.O=C(c1n[nH]c2c1CNCC2)N1CCCC1c1ccc(Cl)c(Cl)c1. The van der Waals surface area contributed by atoms with Crippen molar-refractivity contribution in [2.45, 2.75) is 31.8 Å². The molecule has 1 atom stereocenters. The molecule has 1 saturated heterocycles. The Hall–Kier alpha value is -1.27. The van der Waals surface area contributed by atoms with Crippen LogP contribution in [0.1, 0.15) is 46.2 Å². The van der Waals surface area contributed by atoms with Gasteiger partial charge in [-0.15, -0.1) is 12.4 Å². The van der Waals surface area contributed by atoms with Gasteiger partial charge in [-0.1, -0.05) is 29.3 Å². The minimum Gasteiger partial charge on any atom is -0.330 e. The summed E-state index contributed by atoms with van der Waals surface area (Å²) < 4.78 is 0. The first-order chi connectivity index (χ1) is 11.6. The predicted octanol–water partition coefficient (Wildman–Crippen LogP) is 3.76. The van der Waals surface area contributed by atoms with Crippen LogP contribution in [-0.2, 0) is 13.0 Å². The first-order valence-electron chi connectivity index (χ1n) is 8.18. The summed E-state index contributed by atoms with van der Waals surface area (Å²) in [6.45, 7) is 2.34. The number of carbonyl (C=O) groups excluding carboxylic acids is 1. The van der Waals surface area contributed by atoms with E-state index in [1.807, 2.05) is 17.0 Å². The molecule has 5 nitrogen and oxygen atoms in total. The van der Waals surface area contributed by atoms with Crippen LogP contribution in [0.3, 0.4) is 0 Å². The number of fused-ring (bicyclic) bond motifs is 1. The Bertz CT molecular complexity index is 792. The van der Waals surface area contributed by atoms with Gasteiger partial charge in [-0.05, 0) is 30.5 Å². The number of carbonyl (C=O) groups is 1. The summed E-state index contributed by atoms with van der Waals surface area (Å²) in [6.07, 6.45) is 2.78. The molecule has 25 heavy (non-hydrogen) atoms. The molecule has 0 radical (unpaired) electrons. The van der Waals surface area contributed by atoms with Gasteiger partial charge in [0.25, 0.3) is 5.91 Å². The number of hydrogen-bond donors (Lipinski definition) is 2. The molecule has 1 fully saturated rings. The van der Waals surface area contributed by atoms with Crippen LogP contribution in [0.15, 0.2) is 18.2 Å². The lowest BCUT2D eigenvalue weighted by molar-refractivity contribution is 0.0728. The van der Waals surface area contributed by atoms with E-state index in [0.29, 0.717) is 22.3 Å². The molecule has 2 aliphatic rings. The number of rotatable bonds is 2. The number of amides is 1. The van der Waals surface area contributed by atoms with Crippen LogP contribution in [0.2, 0.25) is 10.0 Å². The van der Waals surface area contributed by atoms with Crippen molar-refractivity contribution >= 4 is 41.5 Å². The zero-order chi connectivity index (χ0) is 16.7. The van der Waals surface area contributed by atoms with E-state index >= 15 is 0 Å². The molecule has 4 rings (SSSR count). The van der Waals surface area contributed by atoms with Gasteiger partial charge in [0, 0.05) is 37.3 Å². The molecular formula is C17H19Cl3N4O. The summed E-state index contributed by atoms with van der Waals surface area (Å²) in [5, 5.41) is 11.7. The van der Waals surface area contributed by atoms with Gasteiger partial charge in [0.15, 0.2) is 5.69 Å². The molecule has 0 saturated carbocycles. The van der Waals surface area contributed by atoms with E-state index in [1.54, 1.807) is 6.07 Å². The van der Waals surface area contributed by atoms with Crippen LogP contribution < -0.4 is 5.32 Å². The third-order valence-corrected chi connectivity index (χ3v) is 5.59. The zero-order valence-electron chi connectivity index (χ0n) is 13.5. The number of halogens is 3. The van der Waals surface area contributed by atoms with Gasteiger partial charge < -0.3 is 10.2 Å². The Morgan fingerprint density at radius 1 is 1.28 bits per heavy atom. The summed E-state index contributed by atoms with van der Waals surface area (Å²) in [5.74, 6) is -0.00947. The van der Waals surface area contributed by atoms with E-state index < -0.39 is 0 Å². The van der Waals surface area contributed by atoms with Crippen LogP contribution in [0.4, 0.5) is 0 Å². The maximum atomic E-state index is 13.1.